The Kier molecular flexibility index (Phi) is 4.40. The molecule has 0 aliphatic rings. The molecule has 2 rings (SSSR count). The zero-order valence-electron chi connectivity index (χ0n) is 10.7. The van der Waals surface area contributed by atoms with Crippen molar-refractivity contribution in [3.63, 3.8) is 0 Å². The van der Waals surface area contributed by atoms with Gasteiger partial charge in [-0.1, -0.05) is 42.5 Å². The van der Waals surface area contributed by atoms with Crippen LogP contribution in [0.5, 0.6) is 0 Å². The Balaban J connectivity index is 2.07. The Bertz CT molecular complexity index is 550. The Morgan fingerprint density at radius 2 is 1.89 bits per heavy atom. The molecule has 0 spiro atoms. The summed E-state index contributed by atoms with van der Waals surface area (Å²) in [6.07, 6.45) is 0.833. The van der Waals surface area contributed by atoms with Crippen LogP contribution in [0.1, 0.15) is 22.8 Å². The number of hydrogen-bond donors (Lipinski definition) is 1. The number of hydrogen-bond acceptors (Lipinski definition) is 3. The molecule has 98 valence electrons. The van der Waals surface area contributed by atoms with Crippen LogP contribution in [0.15, 0.2) is 59.5 Å². The molecule has 0 saturated heterocycles. The molecule has 0 bridgehead atoms. The third-order valence-electron chi connectivity index (χ3n) is 2.91. The standard InChI is InChI=1S/C16H16O2S/c1-16(18,14-7-3-2-4-8-14)12-19-15-9-5-6-13(10-15)11-17/h2-11,18H,12H2,1H3. The first-order chi connectivity index (χ1) is 9.12. The summed E-state index contributed by atoms with van der Waals surface area (Å²) in [5.41, 5.74) is 0.668. The van der Waals surface area contributed by atoms with Gasteiger partial charge in [0.25, 0.3) is 0 Å². The first-order valence-corrected chi connectivity index (χ1v) is 7.06. The van der Waals surface area contributed by atoms with Gasteiger partial charge < -0.3 is 5.11 Å². The molecular formula is C16H16O2S. The largest absolute Gasteiger partial charge is 0.385 e. The predicted molar refractivity (Wildman–Crippen MR) is 78.6 cm³/mol. The third-order valence-corrected chi connectivity index (χ3v) is 4.20. The normalized spacial score (nSPS) is 13.8. The SMILES string of the molecule is CC(O)(CSc1cccc(C=O)c1)c1ccccc1. The molecular weight excluding hydrogens is 256 g/mol. The van der Waals surface area contributed by atoms with Gasteiger partial charge in [-0.3, -0.25) is 4.79 Å². The van der Waals surface area contributed by atoms with Crippen LogP contribution >= 0.6 is 11.8 Å². The van der Waals surface area contributed by atoms with E-state index < -0.39 is 5.60 Å². The average molecular weight is 272 g/mol. The molecule has 1 atom stereocenters. The quantitative estimate of drug-likeness (QED) is 0.668. The zero-order chi connectivity index (χ0) is 13.7. The van der Waals surface area contributed by atoms with Gasteiger partial charge >= 0.3 is 0 Å². The van der Waals surface area contributed by atoms with Crippen LogP contribution in [-0.2, 0) is 5.60 Å². The van der Waals surface area contributed by atoms with E-state index in [0.29, 0.717) is 11.3 Å². The minimum Gasteiger partial charge on any atom is -0.385 e. The van der Waals surface area contributed by atoms with E-state index in [1.807, 2.05) is 48.5 Å². The van der Waals surface area contributed by atoms with E-state index in [1.165, 1.54) is 0 Å². The molecule has 0 heterocycles. The van der Waals surface area contributed by atoms with Crippen molar-refractivity contribution in [3.05, 3.63) is 65.7 Å². The third kappa shape index (κ3) is 3.69. The van der Waals surface area contributed by atoms with Gasteiger partial charge in [0, 0.05) is 16.2 Å². The van der Waals surface area contributed by atoms with Crippen LogP contribution in [-0.4, -0.2) is 17.1 Å². The van der Waals surface area contributed by atoms with Gasteiger partial charge in [0.15, 0.2) is 0 Å². The van der Waals surface area contributed by atoms with Gasteiger partial charge in [-0.25, -0.2) is 0 Å². The summed E-state index contributed by atoms with van der Waals surface area (Å²) >= 11 is 1.54. The second-order valence-electron chi connectivity index (χ2n) is 4.62. The van der Waals surface area contributed by atoms with Crippen molar-refractivity contribution in [3.8, 4) is 0 Å². The van der Waals surface area contributed by atoms with Gasteiger partial charge in [0.05, 0.1) is 5.60 Å². The first kappa shape index (κ1) is 13.8. The van der Waals surface area contributed by atoms with Gasteiger partial charge in [-0.15, -0.1) is 11.8 Å². The lowest BCUT2D eigenvalue weighted by molar-refractivity contribution is 0.0839. The molecule has 0 amide bonds. The lowest BCUT2D eigenvalue weighted by Gasteiger charge is -2.23. The fourth-order valence-corrected chi connectivity index (χ4v) is 2.79. The van der Waals surface area contributed by atoms with Crippen LogP contribution in [0.4, 0.5) is 0 Å². The van der Waals surface area contributed by atoms with Gasteiger partial charge in [0.1, 0.15) is 6.29 Å². The summed E-state index contributed by atoms with van der Waals surface area (Å²) in [7, 11) is 0. The molecule has 0 aromatic heterocycles. The number of carbonyl (C=O) groups is 1. The number of thioether (sulfide) groups is 1. The molecule has 0 radical (unpaired) electrons. The molecule has 0 aliphatic heterocycles. The molecule has 1 N–H and O–H groups in total. The highest BCUT2D eigenvalue weighted by Gasteiger charge is 2.22. The maximum Gasteiger partial charge on any atom is 0.150 e. The van der Waals surface area contributed by atoms with Crippen LogP contribution in [0.3, 0.4) is 0 Å². The summed E-state index contributed by atoms with van der Waals surface area (Å²) in [6, 6.07) is 17.0. The number of benzene rings is 2. The number of aldehydes is 1. The van der Waals surface area contributed by atoms with Crippen molar-refractivity contribution in [2.75, 3.05) is 5.75 Å². The summed E-state index contributed by atoms with van der Waals surface area (Å²) in [5.74, 6) is 0.541. The lowest BCUT2D eigenvalue weighted by Crippen LogP contribution is -2.24. The average Bonchev–Trinajstić information content (AvgIpc) is 2.46. The highest BCUT2D eigenvalue weighted by Crippen LogP contribution is 2.29. The van der Waals surface area contributed by atoms with Crippen molar-refractivity contribution in [1.29, 1.82) is 0 Å². The fraction of sp³-hybridized carbons (Fsp3) is 0.188. The summed E-state index contributed by atoms with van der Waals surface area (Å²) in [4.78, 5) is 11.7. The molecule has 0 fully saturated rings. The van der Waals surface area contributed by atoms with Gasteiger partial charge in [0.2, 0.25) is 0 Å². The van der Waals surface area contributed by atoms with Crippen molar-refractivity contribution >= 4 is 18.0 Å². The Labute approximate surface area is 117 Å². The monoisotopic (exact) mass is 272 g/mol. The molecule has 2 aromatic rings. The second kappa shape index (κ2) is 6.04. The lowest BCUT2D eigenvalue weighted by atomic mass is 9.99. The van der Waals surface area contributed by atoms with E-state index in [9.17, 15) is 9.90 Å². The molecule has 3 heteroatoms. The molecule has 1 unspecified atom stereocenters. The number of aliphatic hydroxyl groups is 1. The van der Waals surface area contributed by atoms with Crippen molar-refractivity contribution in [2.24, 2.45) is 0 Å². The molecule has 19 heavy (non-hydrogen) atoms. The predicted octanol–water partition coefficient (Wildman–Crippen LogP) is 3.50. The fourth-order valence-electron chi connectivity index (χ4n) is 1.78. The molecule has 0 saturated carbocycles. The summed E-state index contributed by atoms with van der Waals surface area (Å²) in [5, 5.41) is 10.5. The number of carbonyl (C=O) groups excluding carboxylic acids is 1. The molecule has 2 aromatic carbocycles. The minimum absolute atomic E-state index is 0.541. The minimum atomic E-state index is -0.886. The van der Waals surface area contributed by atoms with Gasteiger partial charge in [-0.2, -0.15) is 0 Å². The Morgan fingerprint density at radius 3 is 2.58 bits per heavy atom. The molecule has 0 aliphatic carbocycles. The van der Waals surface area contributed by atoms with Crippen LogP contribution < -0.4 is 0 Å². The summed E-state index contributed by atoms with van der Waals surface area (Å²) in [6.45, 7) is 1.80. The smallest absolute Gasteiger partial charge is 0.150 e. The van der Waals surface area contributed by atoms with Gasteiger partial charge in [-0.05, 0) is 24.6 Å². The second-order valence-corrected chi connectivity index (χ2v) is 5.67. The van der Waals surface area contributed by atoms with Crippen LogP contribution in [0.25, 0.3) is 0 Å². The highest BCUT2D eigenvalue weighted by molar-refractivity contribution is 7.99. The van der Waals surface area contributed by atoms with E-state index in [-0.39, 0.29) is 0 Å². The van der Waals surface area contributed by atoms with E-state index in [2.05, 4.69) is 0 Å². The topological polar surface area (TPSA) is 37.3 Å². The van der Waals surface area contributed by atoms with E-state index in [4.69, 9.17) is 0 Å². The maximum atomic E-state index is 10.7. The Hall–Kier alpha value is -1.58. The van der Waals surface area contributed by atoms with Crippen molar-refractivity contribution < 1.29 is 9.90 Å². The van der Waals surface area contributed by atoms with Crippen LogP contribution in [0.2, 0.25) is 0 Å². The van der Waals surface area contributed by atoms with Crippen molar-refractivity contribution in [1.82, 2.24) is 0 Å². The highest BCUT2D eigenvalue weighted by atomic mass is 32.2. The van der Waals surface area contributed by atoms with Crippen LogP contribution in [0, 0.1) is 0 Å². The molecule has 2 nitrogen and oxygen atoms in total. The summed E-state index contributed by atoms with van der Waals surface area (Å²) < 4.78 is 0. The maximum absolute atomic E-state index is 10.7. The first-order valence-electron chi connectivity index (χ1n) is 6.08. The van der Waals surface area contributed by atoms with E-state index >= 15 is 0 Å². The van der Waals surface area contributed by atoms with E-state index in [0.717, 1.165) is 16.7 Å². The van der Waals surface area contributed by atoms with E-state index in [1.54, 1.807) is 24.8 Å². The van der Waals surface area contributed by atoms with Crippen molar-refractivity contribution in [2.45, 2.75) is 17.4 Å². The Morgan fingerprint density at radius 1 is 1.16 bits per heavy atom. The zero-order valence-corrected chi connectivity index (χ0v) is 11.6. The number of rotatable bonds is 5.